The van der Waals surface area contributed by atoms with Gasteiger partial charge in [0.15, 0.2) is 5.03 Å². The van der Waals surface area contributed by atoms with Gasteiger partial charge in [0, 0.05) is 31.0 Å². The average Bonchev–Trinajstić information content (AvgIpc) is 3.38. The quantitative estimate of drug-likeness (QED) is 0.649. The molecule has 0 aliphatic carbocycles. The summed E-state index contributed by atoms with van der Waals surface area (Å²) in [5.74, 6) is -0.0281. The van der Waals surface area contributed by atoms with Crippen LogP contribution in [0.3, 0.4) is 0 Å². The maximum Gasteiger partial charge on any atom is 0.253 e. The molecule has 4 rings (SSSR count). The van der Waals surface area contributed by atoms with Crippen LogP contribution in [-0.4, -0.2) is 55.7 Å². The molecule has 178 valence electrons. The van der Waals surface area contributed by atoms with E-state index in [9.17, 15) is 13.2 Å². The van der Waals surface area contributed by atoms with Gasteiger partial charge in [-0.05, 0) is 51.2 Å². The maximum absolute atomic E-state index is 13.6. The number of amides is 1. The largest absolute Gasteiger partial charge is 0.475 e. The summed E-state index contributed by atoms with van der Waals surface area (Å²) >= 11 is 0. The maximum atomic E-state index is 13.6. The Morgan fingerprint density at radius 1 is 1.33 bits per heavy atom. The number of pyridine rings is 2. The van der Waals surface area contributed by atoms with E-state index in [2.05, 4.69) is 16.9 Å². The molecular formula is C23H30N4O5S. The van der Waals surface area contributed by atoms with Crippen LogP contribution in [0.1, 0.15) is 50.4 Å². The molecule has 1 amide bonds. The fraction of sp³-hybridized carbons (Fsp3) is 0.522. The van der Waals surface area contributed by atoms with Crippen molar-refractivity contribution >= 4 is 21.6 Å². The van der Waals surface area contributed by atoms with E-state index in [0.29, 0.717) is 25.7 Å². The first-order valence-electron chi connectivity index (χ1n) is 11.1. The number of hydrogen-bond acceptors (Lipinski definition) is 8. The minimum atomic E-state index is -4.17. The third kappa shape index (κ3) is 4.67. The molecule has 10 heteroatoms. The molecule has 33 heavy (non-hydrogen) atoms. The van der Waals surface area contributed by atoms with Crippen molar-refractivity contribution in [3.63, 3.8) is 0 Å². The number of sulfone groups is 1. The average molecular weight is 475 g/mol. The van der Waals surface area contributed by atoms with E-state index in [-0.39, 0.29) is 38.8 Å². The van der Waals surface area contributed by atoms with Gasteiger partial charge in [0.2, 0.25) is 15.7 Å². The number of primary amides is 1. The Labute approximate surface area is 194 Å². The summed E-state index contributed by atoms with van der Waals surface area (Å²) in [6, 6.07) is 5.82. The van der Waals surface area contributed by atoms with Gasteiger partial charge in [0.1, 0.15) is 18.0 Å². The van der Waals surface area contributed by atoms with E-state index in [1.165, 1.54) is 18.3 Å². The Morgan fingerprint density at radius 3 is 2.76 bits per heavy atom. The Balaban J connectivity index is 1.71. The molecule has 2 aliphatic heterocycles. The summed E-state index contributed by atoms with van der Waals surface area (Å²) in [5, 5.41) is -0.221. The van der Waals surface area contributed by atoms with Gasteiger partial charge >= 0.3 is 0 Å². The number of nitrogens with zero attached hydrogens (tertiary/aromatic N) is 3. The summed E-state index contributed by atoms with van der Waals surface area (Å²) in [6.07, 6.45) is 4.12. The lowest BCUT2D eigenvalue weighted by Crippen LogP contribution is -2.40. The molecule has 2 aromatic heterocycles. The number of ether oxygens (including phenoxy) is 2. The smallest absolute Gasteiger partial charge is 0.253 e. The third-order valence-electron chi connectivity index (χ3n) is 6.17. The highest BCUT2D eigenvalue weighted by Gasteiger charge is 2.40. The van der Waals surface area contributed by atoms with E-state index in [1.807, 2.05) is 18.7 Å². The Hall–Kier alpha value is -2.72. The van der Waals surface area contributed by atoms with Crippen LogP contribution in [0, 0.1) is 5.92 Å². The molecule has 2 fully saturated rings. The van der Waals surface area contributed by atoms with E-state index in [4.69, 9.17) is 15.2 Å². The minimum Gasteiger partial charge on any atom is -0.475 e. The van der Waals surface area contributed by atoms with Crippen LogP contribution in [0.25, 0.3) is 0 Å². The number of nitrogens with two attached hydrogens (primary N) is 1. The van der Waals surface area contributed by atoms with E-state index < -0.39 is 15.7 Å². The van der Waals surface area contributed by atoms with Gasteiger partial charge in [0.05, 0.1) is 11.0 Å². The molecule has 2 aliphatic rings. The number of rotatable bonds is 7. The molecular weight excluding hydrogens is 444 g/mol. The fourth-order valence-corrected chi connectivity index (χ4v) is 6.14. The lowest BCUT2D eigenvalue weighted by atomic mass is 9.97. The minimum absolute atomic E-state index is 0.0255. The molecule has 9 nitrogen and oxygen atoms in total. The monoisotopic (exact) mass is 474 g/mol. The van der Waals surface area contributed by atoms with Crippen LogP contribution in [0.15, 0.2) is 40.4 Å². The van der Waals surface area contributed by atoms with Crippen molar-refractivity contribution in [3.05, 3.63) is 36.0 Å². The molecule has 2 saturated heterocycles. The molecule has 0 spiro atoms. The summed E-state index contributed by atoms with van der Waals surface area (Å²) in [4.78, 5) is 22.8. The normalized spacial score (nSPS) is 22.5. The van der Waals surface area contributed by atoms with Crippen LogP contribution in [0.5, 0.6) is 5.88 Å². The van der Waals surface area contributed by atoms with Crippen LogP contribution in [0.4, 0.5) is 5.82 Å². The highest BCUT2D eigenvalue weighted by Crippen LogP contribution is 2.39. The topological polar surface area (TPSA) is 125 Å². The molecule has 0 saturated carbocycles. The van der Waals surface area contributed by atoms with Crippen molar-refractivity contribution in [2.45, 2.75) is 61.6 Å². The number of carbonyl (C=O) groups excluding carboxylic acids is 1. The Morgan fingerprint density at radius 2 is 2.12 bits per heavy atom. The van der Waals surface area contributed by atoms with Crippen molar-refractivity contribution in [2.24, 2.45) is 11.7 Å². The molecule has 2 N–H and O–H groups in total. The predicted octanol–water partition coefficient (Wildman–Crippen LogP) is 2.59. The van der Waals surface area contributed by atoms with Crippen molar-refractivity contribution in [2.75, 3.05) is 24.7 Å². The molecule has 2 atom stereocenters. The van der Waals surface area contributed by atoms with Gasteiger partial charge in [-0.2, -0.15) is 0 Å². The van der Waals surface area contributed by atoms with E-state index in [0.717, 1.165) is 19.3 Å². The zero-order valence-electron chi connectivity index (χ0n) is 19.2. The number of carbonyl (C=O) groups is 1. The van der Waals surface area contributed by atoms with Crippen molar-refractivity contribution in [1.29, 1.82) is 0 Å². The van der Waals surface area contributed by atoms with E-state index in [1.54, 1.807) is 12.1 Å². The molecule has 0 radical (unpaired) electrons. The Kier molecular flexibility index (Phi) is 6.32. The van der Waals surface area contributed by atoms with E-state index >= 15 is 0 Å². The van der Waals surface area contributed by atoms with Crippen LogP contribution in [-0.2, 0) is 14.6 Å². The predicted molar refractivity (Wildman–Crippen MR) is 122 cm³/mol. The first-order valence-corrected chi connectivity index (χ1v) is 12.6. The molecule has 0 aromatic carbocycles. The van der Waals surface area contributed by atoms with Crippen LogP contribution >= 0.6 is 0 Å². The second kappa shape index (κ2) is 8.90. The standard InChI is InChI=1S/C23H30N4O5S/c1-15-12-23(2,3)27(13-15)22-20(21(24)28)17(9-10-25-22)33(29,30)19-8-4-7-18(26-19)32-14-16-6-5-11-31-16/h4,7-10,15-16H,5-6,11-14H2,1-3H3,(H2,24,28). The van der Waals surface area contributed by atoms with Gasteiger partial charge in [-0.3, -0.25) is 4.79 Å². The van der Waals surface area contributed by atoms with Gasteiger partial charge in [0.25, 0.3) is 5.91 Å². The summed E-state index contributed by atoms with van der Waals surface area (Å²) < 4.78 is 38.3. The highest BCUT2D eigenvalue weighted by molar-refractivity contribution is 7.91. The van der Waals surface area contributed by atoms with Crippen LogP contribution < -0.4 is 15.4 Å². The van der Waals surface area contributed by atoms with Crippen molar-refractivity contribution in [1.82, 2.24) is 9.97 Å². The van der Waals surface area contributed by atoms with Gasteiger partial charge < -0.3 is 20.1 Å². The second-order valence-corrected chi connectivity index (χ2v) is 11.2. The molecule has 2 unspecified atom stereocenters. The molecule has 0 bridgehead atoms. The summed E-state index contributed by atoms with van der Waals surface area (Å²) in [6.45, 7) is 7.83. The van der Waals surface area contributed by atoms with Crippen molar-refractivity contribution < 1.29 is 22.7 Å². The third-order valence-corrected chi connectivity index (χ3v) is 7.87. The van der Waals surface area contributed by atoms with Gasteiger partial charge in [-0.15, -0.1) is 0 Å². The van der Waals surface area contributed by atoms with Gasteiger partial charge in [-0.1, -0.05) is 13.0 Å². The summed E-state index contributed by atoms with van der Waals surface area (Å²) in [7, 11) is -4.17. The highest BCUT2D eigenvalue weighted by atomic mass is 32.2. The first-order chi connectivity index (χ1) is 15.6. The number of anilines is 1. The lowest BCUT2D eigenvalue weighted by Gasteiger charge is -2.33. The fourth-order valence-electron chi connectivity index (χ4n) is 4.75. The SMILES string of the molecule is CC1CN(c2nccc(S(=O)(=O)c3cccc(OCC4CCCO4)n3)c2C(N)=O)C(C)(C)C1. The summed E-state index contributed by atoms with van der Waals surface area (Å²) in [5.41, 5.74) is 5.28. The van der Waals surface area contributed by atoms with Crippen LogP contribution in [0.2, 0.25) is 0 Å². The zero-order chi connectivity index (χ0) is 23.8. The zero-order valence-corrected chi connectivity index (χ0v) is 20.0. The van der Waals surface area contributed by atoms with Crippen molar-refractivity contribution in [3.8, 4) is 5.88 Å². The number of hydrogen-bond donors (Lipinski definition) is 1. The number of aromatic nitrogens is 2. The Bertz CT molecular complexity index is 1150. The van der Waals surface area contributed by atoms with Gasteiger partial charge in [-0.25, -0.2) is 18.4 Å². The lowest BCUT2D eigenvalue weighted by molar-refractivity contribution is 0.0661. The first kappa shape index (κ1) is 23.4. The molecule has 4 heterocycles. The second-order valence-electron chi connectivity index (χ2n) is 9.37. The molecule has 2 aromatic rings.